The highest BCUT2D eigenvalue weighted by Crippen LogP contribution is 2.38. The number of pyridine rings is 1. The summed E-state index contributed by atoms with van der Waals surface area (Å²) >= 11 is 0. The number of aromatic nitrogens is 5. The third-order valence-electron chi connectivity index (χ3n) is 6.92. The third-order valence-corrected chi connectivity index (χ3v) is 6.92. The molecule has 3 aliphatic heterocycles. The van der Waals surface area contributed by atoms with E-state index < -0.39 is 0 Å². The van der Waals surface area contributed by atoms with Gasteiger partial charge in [0, 0.05) is 37.8 Å². The summed E-state index contributed by atoms with van der Waals surface area (Å²) in [4.78, 5) is 7.36. The molecule has 3 unspecified atom stereocenters. The first-order chi connectivity index (χ1) is 15.7. The van der Waals surface area contributed by atoms with Crippen molar-refractivity contribution in [1.29, 1.82) is 0 Å². The summed E-state index contributed by atoms with van der Waals surface area (Å²) in [7, 11) is 1.88. The molecule has 10 heteroatoms. The highest BCUT2D eigenvalue weighted by atomic mass is 16.5. The normalized spacial score (nSPS) is 27.8. The van der Waals surface area contributed by atoms with Gasteiger partial charge in [0.2, 0.25) is 0 Å². The van der Waals surface area contributed by atoms with Crippen LogP contribution in [0.3, 0.4) is 0 Å². The van der Waals surface area contributed by atoms with Gasteiger partial charge in [0.15, 0.2) is 17.3 Å². The Labute approximate surface area is 186 Å². The molecule has 0 spiro atoms. The Bertz CT molecular complexity index is 1090. The Morgan fingerprint density at radius 1 is 1.25 bits per heavy atom. The van der Waals surface area contributed by atoms with Gasteiger partial charge in [-0.3, -0.25) is 5.10 Å². The standard InChI is InChI=1S/C22H30N8O2/c1-13-12-31-8-7-29(13)19-11-17(32-16-9-14-3-4-15(10-16)25-14)20-21(23-2)28-30(22(20)26-19)18-5-6-24-27-18/h5-6,11,13-16,25H,3-4,7-10,12H2,1-2H3,(H,23,28)(H,24,27). The smallest absolute Gasteiger partial charge is 0.173 e. The zero-order chi connectivity index (χ0) is 21.7. The lowest BCUT2D eigenvalue weighted by Crippen LogP contribution is -2.44. The number of nitrogens with one attached hydrogen (secondary N) is 3. The first-order valence-corrected chi connectivity index (χ1v) is 11.6. The molecular weight excluding hydrogens is 408 g/mol. The quantitative estimate of drug-likeness (QED) is 0.556. The van der Waals surface area contributed by atoms with Gasteiger partial charge in [0.05, 0.1) is 25.5 Å². The SMILES string of the molecule is CNc1nn(-c2ccn[nH]2)c2nc(N3CCOCC3C)cc(OC3CC4CCC(C3)N4)c12. The molecule has 0 radical (unpaired) electrons. The van der Waals surface area contributed by atoms with Gasteiger partial charge in [-0.15, -0.1) is 5.10 Å². The molecule has 3 aliphatic rings. The van der Waals surface area contributed by atoms with Gasteiger partial charge in [0.25, 0.3) is 0 Å². The van der Waals surface area contributed by atoms with E-state index in [-0.39, 0.29) is 12.1 Å². The molecule has 170 valence electrons. The van der Waals surface area contributed by atoms with E-state index in [4.69, 9.17) is 19.6 Å². The van der Waals surface area contributed by atoms with Crippen LogP contribution in [0.1, 0.15) is 32.6 Å². The summed E-state index contributed by atoms with van der Waals surface area (Å²) in [6.45, 7) is 4.35. The Morgan fingerprint density at radius 2 is 2.09 bits per heavy atom. The van der Waals surface area contributed by atoms with Crippen LogP contribution >= 0.6 is 0 Å². The van der Waals surface area contributed by atoms with Gasteiger partial charge < -0.3 is 25.0 Å². The average molecular weight is 439 g/mol. The van der Waals surface area contributed by atoms with Crippen LogP contribution in [0.2, 0.25) is 0 Å². The molecule has 0 amide bonds. The van der Waals surface area contributed by atoms with Crippen LogP contribution in [-0.4, -0.2) is 76.0 Å². The van der Waals surface area contributed by atoms with Crippen molar-refractivity contribution in [3.8, 4) is 11.6 Å². The topological polar surface area (TPSA) is 105 Å². The Morgan fingerprint density at radius 3 is 2.81 bits per heavy atom. The molecule has 0 aromatic carbocycles. The van der Waals surface area contributed by atoms with Crippen molar-refractivity contribution < 1.29 is 9.47 Å². The Kier molecular flexibility index (Phi) is 4.91. The fourth-order valence-electron chi connectivity index (χ4n) is 5.37. The van der Waals surface area contributed by atoms with Gasteiger partial charge in [-0.2, -0.15) is 9.78 Å². The monoisotopic (exact) mass is 438 g/mol. The maximum atomic E-state index is 6.73. The number of hydrogen-bond donors (Lipinski definition) is 3. The van der Waals surface area contributed by atoms with Gasteiger partial charge in [-0.05, 0) is 32.6 Å². The second-order valence-electron chi connectivity index (χ2n) is 9.10. The summed E-state index contributed by atoms with van der Waals surface area (Å²) in [6, 6.07) is 5.34. The number of hydrogen-bond acceptors (Lipinski definition) is 8. The lowest BCUT2D eigenvalue weighted by Gasteiger charge is -2.35. The van der Waals surface area contributed by atoms with Gasteiger partial charge >= 0.3 is 0 Å². The fourth-order valence-corrected chi connectivity index (χ4v) is 5.37. The molecule has 10 nitrogen and oxygen atoms in total. The highest BCUT2D eigenvalue weighted by molar-refractivity contribution is 5.95. The van der Waals surface area contributed by atoms with Crippen LogP contribution < -0.4 is 20.3 Å². The van der Waals surface area contributed by atoms with Crippen LogP contribution in [0.15, 0.2) is 18.3 Å². The van der Waals surface area contributed by atoms with E-state index in [2.05, 4.69) is 38.7 Å². The zero-order valence-electron chi connectivity index (χ0n) is 18.5. The van der Waals surface area contributed by atoms with E-state index >= 15 is 0 Å². The van der Waals surface area contributed by atoms with Crippen LogP contribution in [0.5, 0.6) is 5.75 Å². The number of fused-ring (bicyclic) bond motifs is 3. The molecule has 3 saturated heterocycles. The fraction of sp³-hybridized carbons (Fsp3) is 0.591. The van der Waals surface area contributed by atoms with E-state index in [1.54, 1.807) is 6.20 Å². The van der Waals surface area contributed by atoms with Crippen molar-refractivity contribution in [2.45, 2.75) is 56.8 Å². The largest absolute Gasteiger partial charge is 0.489 e. The van der Waals surface area contributed by atoms with Gasteiger partial charge in [0.1, 0.15) is 23.1 Å². The predicted molar refractivity (Wildman–Crippen MR) is 122 cm³/mol. The molecule has 6 rings (SSSR count). The van der Waals surface area contributed by atoms with Crippen molar-refractivity contribution >= 4 is 22.7 Å². The minimum atomic E-state index is 0.189. The number of rotatable bonds is 5. The molecule has 6 heterocycles. The second kappa shape index (κ2) is 7.93. The maximum Gasteiger partial charge on any atom is 0.173 e. The van der Waals surface area contributed by atoms with E-state index in [0.717, 1.165) is 53.6 Å². The minimum absolute atomic E-state index is 0.189. The van der Waals surface area contributed by atoms with E-state index in [1.165, 1.54) is 12.8 Å². The van der Waals surface area contributed by atoms with Gasteiger partial charge in [-0.25, -0.2) is 4.98 Å². The van der Waals surface area contributed by atoms with E-state index in [1.807, 2.05) is 17.8 Å². The van der Waals surface area contributed by atoms with E-state index in [9.17, 15) is 0 Å². The van der Waals surface area contributed by atoms with E-state index in [0.29, 0.717) is 25.3 Å². The number of morpholine rings is 1. The summed E-state index contributed by atoms with van der Waals surface area (Å²) in [5.41, 5.74) is 0.752. The molecule has 3 aromatic rings. The molecule has 3 fully saturated rings. The molecule has 3 aromatic heterocycles. The van der Waals surface area contributed by atoms with Crippen LogP contribution in [0, 0.1) is 0 Å². The predicted octanol–water partition coefficient (Wildman–Crippen LogP) is 2.07. The van der Waals surface area contributed by atoms with Crippen LogP contribution in [-0.2, 0) is 4.74 Å². The van der Waals surface area contributed by atoms with Crippen LogP contribution in [0.25, 0.3) is 16.9 Å². The summed E-state index contributed by atoms with van der Waals surface area (Å²) in [5.74, 6) is 3.24. The van der Waals surface area contributed by atoms with Crippen molar-refractivity contribution in [2.75, 3.05) is 37.0 Å². The lowest BCUT2D eigenvalue weighted by atomic mass is 10.0. The minimum Gasteiger partial charge on any atom is -0.489 e. The number of aromatic amines is 1. The molecule has 3 N–H and O–H groups in total. The van der Waals surface area contributed by atoms with Crippen molar-refractivity contribution in [2.24, 2.45) is 0 Å². The molecular formula is C22H30N8O2. The number of H-pyrrole nitrogens is 1. The number of ether oxygens (including phenoxy) is 2. The van der Waals surface area contributed by atoms with Crippen molar-refractivity contribution in [1.82, 2.24) is 30.3 Å². The molecule has 3 atom stereocenters. The molecule has 0 saturated carbocycles. The summed E-state index contributed by atoms with van der Waals surface area (Å²) in [5, 5.41) is 19.7. The Hall–Kier alpha value is -2.85. The summed E-state index contributed by atoms with van der Waals surface area (Å²) in [6.07, 6.45) is 6.46. The number of piperidine rings is 1. The summed E-state index contributed by atoms with van der Waals surface area (Å²) < 4.78 is 14.2. The van der Waals surface area contributed by atoms with Crippen LogP contribution in [0.4, 0.5) is 11.6 Å². The first kappa shape index (κ1) is 19.8. The number of anilines is 2. The average Bonchev–Trinajstić information content (AvgIpc) is 3.52. The Balaban J connectivity index is 1.47. The third kappa shape index (κ3) is 3.38. The molecule has 2 bridgehead atoms. The second-order valence-corrected chi connectivity index (χ2v) is 9.10. The molecule has 32 heavy (non-hydrogen) atoms. The molecule has 0 aliphatic carbocycles. The van der Waals surface area contributed by atoms with Crippen molar-refractivity contribution in [3.05, 3.63) is 18.3 Å². The maximum absolute atomic E-state index is 6.73. The zero-order valence-corrected chi connectivity index (χ0v) is 18.5. The van der Waals surface area contributed by atoms with Crippen molar-refractivity contribution in [3.63, 3.8) is 0 Å². The lowest BCUT2D eigenvalue weighted by molar-refractivity contribution is 0.0984. The van der Waals surface area contributed by atoms with Gasteiger partial charge in [-0.1, -0.05) is 0 Å². The number of nitrogens with zero attached hydrogens (tertiary/aromatic N) is 5. The first-order valence-electron chi connectivity index (χ1n) is 11.6. The highest BCUT2D eigenvalue weighted by Gasteiger charge is 2.35.